The maximum Gasteiger partial charge on any atom is 0.262 e. The summed E-state index contributed by atoms with van der Waals surface area (Å²) in [7, 11) is 0. The molecule has 2 aromatic rings. The van der Waals surface area contributed by atoms with Crippen molar-refractivity contribution in [2.45, 2.75) is 64.6 Å². The maximum atomic E-state index is 13.0. The first-order valence-corrected chi connectivity index (χ1v) is 11.4. The normalized spacial score (nSPS) is 12.1. The smallest absolute Gasteiger partial charge is 0.262 e. The third-order valence-electron chi connectivity index (χ3n) is 4.86. The Balaban J connectivity index is 2.19. The van der Waals surface area contributed by atoms with E-state index in [1.165, 1.54) is 31.5 Å². The number of carbonyl (C=O) groups excluding carboxylic acids is 1. The summed E-state index contributed by atoms with van der Waals surface area (Å²) in [6.07, 6.45) is 5.48. The number of aromatic nitrogens is 2. The van der Waals surface area contributed by atoms with Crippen LogP contribution in [0.5, 0.6) is 0 Å². The van der Waals surface area contributed by atoms with Crippen molar-refractivity contribution >= 4 is 28.4 Å². The van der Waals surface area contributed by atoms with Crippen LogP contribution in [0.25, 0.3) is 10.9 Å². The SMILES string of the molecule is C/C(N)=C(/C#N)C(=O)CSc1nc2ccccc2c(=O)n1CCCCCCC(C)C. The molecule has 1 heterocycles. The summed E-state index contributed by atoms with van der Waals surface area (Å²) in [6.45, 7) is 6.55. The Kier molecular flexibility index (Phi) is 9.13. The predicted octanol–water partition coefficient (Wildman–Crippen LogP) is 4.42. The number of thioether (sulfide) groups is 1. The van der Waals surface area contributed by atoms with Crippen LogP contribution in [0.3, 0.4) is 0 Å². The van der Waals surface area contributed by atoms with Crippen LogP contribution in [0.2, 0.25) is 0 Å². The Hall–Kier alpha value is -2.59. The van der Waals surface area contributed by atoms with E-state index < -0.39 is 0 Å². The molecule has 6 nitrogen and oxygen atoms in total. The first kappa shape index (κ1) is 23.7. The van der Waals surface area contributed by atoms with Crippen LogP contribution in [0.1, 0.15) is 52.9 Å². The van der Waals surface area contributed by atoms with E-state index in [9.17, 15) is 9.59 Å². The fourth-order valence-electron chi connectivity index (χ4n) is 3.20. The number of nitriles is 1. The van der Waals surface area contributed by atoms with Gasteiger partial charge in [-0.05, 0) is 31.4 Å². The van der Waals surface area contributed by atoms with Gasteiger partial charge in [-0.25, -0.2) is 4.98 Å². The first-order valence-electron chi connectivity index (χ1n) is 10.4. The number of fused-ring (bicyclic) bond motifs is 1. The van der Waals surface area contributed by atoms with Gasteiger partial charge in [-0.2, -0.15) is 5.26 Å². The Morgan fingerprint density at radius 2 is 1.93 bits per heavy atom. The minimum absolute atomic E-state index is 0.0105. The molecule has 1 aromatic heterocycles. The highest BCUT2D eigenvalue weighted by Crippen LogP contribution is 2.20. The third kappa shape index (κ3) is 6.46. The average molecular weight is 427 g/mol. The minimum atomic E-state index is -0.356. The molecule has 1 aromatic carbocycles. The zero-order valence-corrected chi connectivity index (χ0v) is 18.8. The number of ketones is 1. The van der Waals surface area contributed by atoms with Crippen LogP contribution in [-0.2, 0) is 11.3 Å². The monoisotopic (exact) mass is 426 g/mol. The van der Waals surface area contributed by atoms with Gasteiger partial charge in [-0.3, -0.25) is 14.2 Å². The Morgan fingerprint density at radius 3 is 2.60 bits per heavy atom. The summed E-state index contributed by atoms with van der Waals surface area (Å²) in [5.74, 6) is 0.365. The molecule has 2 N–H and O–H groups in total. The number of Topliss-reactive ketones (excluding diaryl/α,β-unsaturated/α-hetero) is 1. The largest absolute Gasteiger partial charge is 0.401 e. The van der Waals surface area contributed by atoms with Gasteiger partial charge in [0.15, 0.2) is 10.9 Å². The van der Waals surface area contributed by atoms with E-state index in [4.69, 9.17) is 11.0 Å². The van der Waals surface area contributed by atoms with Gasteiger partial charge in [0.25, 0.3) is 5.56 Å². The summed E-state index contributed by atoms with van der Waals surface area (Å²) >= 11 is 1.18. The summed E-state index contributed by atoms with van der Waals surface area (Å²) < 4.78 is 1.66. The minimum Gasteiger partial charge on any atom is -0.401 e. The molecule has 0 saturated heterocycles. The third-order valence-corrected chi connectivity index (χ3v) is 5.83. The Labute approximate surface area is 182 Å². The zero-order chi connectivity index (χ0) is 22.1. The first-order chi connectivity index (χ1) is 14.3. The van der Waals surface area contributed by atoms with Crippen LogP contribution in [0, 0.1) is 17.2 Å². The van der Waals surface area contributed by atoms with Crippen LogP contribution >= 0.6 is 11.8 Å². The highest BCUT2D eigenvalue weighted by atomic mass is 32.2. The van der Waals surface area contributed by atoms with Crippen molar-refractivity contribution in [1.82, 2.24) is 9.55 Å². The number of carbonyl (C=O) groups is 1. The van der Waals surface area contributed by atoms with E-state index in [2.05, 4.69) is 18.8 Å². The van der Waals surface area contributed by atoms with Gasteiger partial charge in [-0.15, -0.1) is 0 Å². The molecule has 0 radical (unpaired) electrons. The van der Waals surface area contributed by atoms with Gasteiger partial charge in [0, 0.05) is 12.2 Å². The number of nitrogens with two attached hydrogens (primary N) is 1. The van der Waals surface area contributed by atoms with Gasteiger partial charge in [0.05, 0.1) is 16.7 Å². The topological polar surface area (TPSA) is 102 Å². The molecule has 0 aliphatic carbocycles. The molecule has 30 heavy (non-hydrogen) atoms. The number of para-hydroxylation sites is 1. The fourth-order valence-corrected chi connectivity index (χ4v) is 4.10. The maximum absolute atomic E-state index is 13.0. The lowest BCUT2D eigenvalue weighted by molar-refractivity contribution is -0.112. The summed E-state index contributed by atoms with van der Waals surface area (Å²) in [4.78, 5) is 30.0. The van der Waals surface area contributed by atoms with Gasteiger partial charge < -0.3 is 5.73 Å². The molecule has 2 rings (SSSR count). The van der Waals surface area contributed by atoms with E-state index >= 15 is 0 Å². The second-order valence-electron chi connectivity index (χ2n) is 7.85. The van der Waals surface area contributed by atoms with Gasteiger partial charge >= 0.3 is 0 Å². The van der Waals surface area contributed by atoms with Crippen LogP contribution in [-0.4, -0.2) is 21.1 Å². The number of allylic oxidation sites excluding steroid dienone is 2. The van der Waals surface area contributed by atoms with E-state index in [0.29, 0.717) is 28.5 Å². The van der Waals surface area contributed by atoms with Gasteiger partial charge in [0.2, 0.25) is 0 Å². The second kappa shape index (κ2) is 11.6. The number of hydrogen-bond acceptors (Lipinski definition) is 6. The van der Waals surface area contributed by atoms with E-state index in [1.54, 1.807) is 16.7 Å². The van der Waals surface area contributed by atoms with Crippen LogP contribution in [0.15, 0.2) is 45.5 Å². The molecule has 160 valence electrons. The quantitative estimate of drug-likeness (QED) is 0.188. The van der Waals surface area contributed by atoms with Crippen LogP contribution in [0.4, 0.5) is 0 Å². The van der Waals surface area contributed by atoms with Gasteiger partial charge in [-0.1, -0.05) is 63.4 Å². The fraction of sp³-hybridized carbons (Fsp3) is 0.478. The average Bonchev–Trinajstić information content (AvgIpc) is 2.70. The molecule has 0 amide bonds. The molecule has 0 unspecified atom stereocenters. The highest BCUT2D eigenvalue weighted by Gasteiger charge is 2.16. The lowest BCUT2D eigenvalue weighted by Gasteiger charge is -2.13. The Morgan fingerprint density at radius 1 is 1.23 bits per heavy atom. The second-order valence-corrected chi connectivity index (χ2v) is 8.79. The van der Waals surface area contributed by atoms with E-state index in [1.807, 2.05) is 18.2 Å². The van der Waals surface area contributed by atoms with Crippen molar-refractivity contribution in [3.8, 4) is 6.07 Å². The highest BCUT2D eigenvalue weighted by molar-refractivity contribution is 7.99. The van der Waals surface area contributed by atoms with Crippen molar-refractivity contribution in [2.75, 3.05) is 5.75 Å². The lowest BCUT2D eigenvalue weighted by Crippen LogP contribution is -2.24. The van der Waals surface area contributed by atoms with E-state index in [-0.39, 0.29) is 28.4 Å². The van der Waals surface area contributed by atoms with Crippen molar-refractivity contribution in [1.29, 1.82) is 5.26 Å². The lowest BCUT2D eigenvalue weighted by atomic mass is 10.0. The van der Waals surface area contributed by atoms with E-state index in [0.717, 1.165) is 19.3 Å². The summed E-state index contributed by atoms with van der Waals surface area (Å²) in [5, 5.41) is 10.2. The molecule has 0 fully saturated rings. The van der Waals surface area contributed by atoms with Crippen molar-refractivity contribution in [3.63, 3.8) is 0 Å². The van der Waals surface area contributed by atoms with Gasteiger partial charge in [0.1, 0.15) is 11.6 Å². The number of unbranched alkanes of at least 4 members (excludes halogenated alkanes) is 3. The molecule has 0 atom stereocenters. The molecule has 0 aliphatic rings. The molecular formula is C23H30N4O2S. The van der Waals surface area contributed by atoms with Crippen LogP contribution < -0.4 is 11.3 Å². The Bertz CT molecular complexity index is 1010. The number of hydrogen-bond donors (Lipinski definition) is 1. The van der Waals surface area contributed by atoms with Crippen molar-refractivity contribution < 1.29 is 4.79 Å². The summed E-state index contributed by atoms with van der Waals surface area (Å²) in [5.41, 5.74) is 6.30. The van der Waals surface area contributed by atoms with Crippen molar-refractivity contribution in [2.24, 2.45) is 11.7 Å². The molecule has 0 spiro atoms. The molecule has 0 bridgehead atoms. The molecule has 0 aliphatic heterocycles. The number of rotatable bonds is 11. The van der Waals surface area contributed by atoms with Crippen molar-refractivity contribution in [3.05, 3.63) is 45.9 Å². The summed E-state index contributed by atoms with van der Waals surface area (Å²) in [6, 6.07) is 9.09. The standard InChI is InChI=1S/C23H30N4O2S/c1-16(2)10-6-4-5-9-13-27-22(29)18-11-7-8-12-20(18)26-23(27)30-15-21(28)19(14-24)17(3)25/h7-8,11-12,16H,4-6,9-10,13,15,25H2,1-3H3/b19-17+. The number of nitrogens with zero attached hydrogens (tertiary/aromatic N) is 3. The molecule has 7 heteroatoms. The molecule has 0 saturated carbocycles. The molecular weight excluding hydrogens is 396 g/mol. The predicted molar refractivity (Wildman–Crippen MR) is 122 cm³/mol. The number of benzene rings is 1. The zero-order valence-electron chi connectivity index (χ0n) is 18.0.